The Morgan fingerprint density at radius 2 is 2.05 bits per heavy atom. The van der Waals surface area contributed by atoms with Gasteiger partial charge in [0.2, 0.25) is 5.95 Å². The smallest absolute Gasteiger partial charge is 0.224 e. The summed E-state index contributed by atoms with van der Waals surface area (Å²) >= 11 is 0. The van der Waals surface area contributed by atoms with Crippen molar-refractivity contribution in [2.24, 2.45) is 0 Å². The van der Waals surface area contributed by atoms with Gasteiger partial charge in [-0.25, -0.2) is 4.98 Å². The van der Waals surface area contributed by atoms with E-state index >= 15 is 0 Å². The Labute approximate surface area is 116 Å². The van der Waals surface area contributed by atoms with E-state index in [0.717, 1.165) is 29.8 Å². The molecule has 6 heteroatoms. The molecule has 0 aliphatic rings. The number of rotatable bonds is 5. The van der Waals surface area contributed by atoms with Gasteiger partial charge < -0.3 is 10.6 Å². The lowest BCUT2D eigenvalue weighted by Gasteiger charge is -2.10. The molecular formula is C14H16N6. The first-order chi connectivity index (χ1) is 9.86. The summed E-state index contributed by atoms with van der Waals surface area (Å²) in [6.07, 6.45) is 3.72. The Bertz CT molecular complexity index is 692. The SMILES string of the molecule is CNc1nc(NCCn2cccn2)c2ccccc2n1. The molecule has 2 aromatic heterocycles. The van der Waals surface area contributed by atoms with Crippen LogP contribution in [-0.4, -0.2) is 33.3 Å². The first-order valence-corrected chi connectivity index (χ1v) is 6.52. The van der Waals surface area contributed by atoms with Gasteiger partial charge in [-0.05, 0) is 18.2 Å². The van der Waals surface area contributed by atoms with Crippen molar-refractivity contribution in [2.75, 3.05) is 24.2 Å². The van der Waals surface area contributed by atoms with Crippen LogP contribution in [-0.2, 0) is 6.54 Å². The molecule has 2 N–H and O–H groups in total. The van der Waals surface area contributed by atoms with Crippen LogP contribution in [0.5, 0.6) is 0 Å². The minimum absolute atomic E-state index is 0.616. The molecule has 2 heterocycles. The van der Waals surface area contributed by atoms with Crippen LogP contribution in [0.2, 0.25) is 0 Å². The number of hydrogen-bond acceptors (Lipinski definition) is 5. The Balaban J connectivity index is 1.82. The first-order valence-electron chi connectivity index (χ1n) is 6.52. The highest BCUT2D eigenvalue weighted by molar-refractivity contribution is 5.89. The van der Waals surface area contributed by atoms with E-state index in [-0.39, 0.29) is 0 Å². The van der Waals surface area contributed by atoms with Gasteiger partial charge in [-0.3, -0.25) is 4.68 Å². The average Bonchev–Trinajstić information content (AvgIpc) is 3.00. The van der Waals surface area contributed by atoms with E-state index in [9.17, 15) is 0 Å². The Morgan fingerprint density at radius 3 is 2.85 bits per heavy atom. The van der Waals surface area contributed by atoms with Gasteiger partial charge in [0.1, 0.15) is 5.82 Å². The van der Waals surface area contributed by atoms with Gasteiger partial charge in [-0.1, -0.05) is 12.1 Å². The summed E-state index contributed by atoms with van der Waals surface area (Å²) in [6, 6.07) is 9.88. The third kappa shape index (κ3) is 2.54. The van der Waals surface area contributed by atoms with Crippen molar-refractivity contribution >= 4 is 22.7 Å². The second-order valence-electron chi connectivity index (χ2n) is 4.36. The van der Waals surface area contributed by atoms with Crippen LogP contribution in [0, 0.1) is 0 Å². The van der Waals surface area contributed by atoms with Gasteiger partial charge in [-0.15, -0.1) is 0 Å². The van der Waals surface area contributed by atoms with Crippen molar-refractivity contribution < 1.29 is 0 Å². The molecule has 3 rings (SSSR count). The molecule has 0 fully saturated rings. The van der Waals surface area contributed by atoms with Crippen LogP contribution >= 0.6 is 0 Å². The van der Waals surface area contributed by atoms with Gasteiger partial charge in [0.05, 0.1) is 12.1 Å². The topological polar surface area (TPSA) is 67.7 Å². The zero-order valence-corrected chi connectivity index (χ0v) is 11.2. The molecule has 3 aromatic rings. The summed E-state index contributed by atoms with van der Waals surface area (Å²) in [5.41, 5.74) is 0.924. The van der Waals surface area contributed by atoms with E-state index in [2.05, 4.69) is 25.7 Å². The third-order valence-corrected chi connectivity index (χ3v) is 3.02. The number of hydrogen-bond donors (Lipinski definition) is 2. The molecule has 0 atom stereocenters. The predicted molar refractivity (Wildman–Crippen MR) is 79.8 cm³/mol. The fourth-order valence-electron chi connectivity index (χ4n) is 2.04. The van der Waals surface area contributed by atoms with Crippen molar-refractivity contribution in [3.63, 3.8) is 0 Å². The Hall–Kier alpha value is -2.63. The average molecular weight is 268 g/mol. The van der Waals surface area contributed by atoms with Gasteiger partial charge in [0, 0.05) is 31.4 Å². The molecule has 0 saturated carbocycles. The summed E-state index contributed by atoms with van der Waals surface area (Å²) in [5.74, 6) is 1.46. The lowest BCUT2D eigenvalue weighted by atomic mass is 10.2. The van der Waals surface area contributed by atoms with Crippen molar-refractivity contribution in [1.29, 1.82) is 0 Å². The summed E-state index contributed by atoms with van der Waals surface area (Å²) < 4.78 is 1.88. The lowest BCUT2D eigenvalue weighted by molar-refractivity contribution is 0.637. The van der Waals surface area contributed by atoms with Crippen molar-refractivity contribution in [2.45, 2.75) is 6.54 Å². The summed E-state index contributed by atoms with van der Waals surface area (Å²) in [7, 11) is 1.82. The monoisotopic (exact) mass is 268 g/mol. The Morgan fingerprint density at radius 1 is 1.15 bits per heavy atom. The van der Waals surface area contributed by atoms with Gasteiger partial charge in [0.15, 0.2) is 0 Å². The van der Waals surface area contributed by atoms with E-state index in [4.69, 9.17) is 0 Å². The molecule has 0 bridgehead atoms. The van der Waals surface area contributed by atoms with Crippen LogP contribution in [0.3, 0.4) is 0 Å². The molecule has 0 saturated heterocycles. The molecule has 0 spiro atoms. The molecule has 0 unspecified atom stereocenters. The van der Waals surface area contributed by atoms with E-state index in [0.29, 0.717) is 5.95 Å². The molecular weight excluding hydrogens is 252 g/mol. The molecule has 20 heavy (non-hydrogen) atoms. The first kappa shape index (κ1) is 12.4. The molecule has 0 radical (unpaired) electrons. The van der Waals surface area contributed by atoms with E-state index in [1.165, 1.54) is 0 Å². The number of benzene rings is 1. The number of nitrogens with one attached hydrogen (secondary N) is 2. The van der Waals surface area contributed by atoms with Crippen molar-refractivity contribution in [1.82, 2.24) is 19.7 Å². The second kappa shape index (κ2) is 5.56. The highest BCUT2D eigenvalue weighted by Crippen LogP contribution is 2.21. The van der Waals surface area contributed by atoms with Crippen molar-refractivity contribution in [3.05, 3.63) is 42.7 Å². The molecule has 0 aliphatic carbocycles. The minimum atomic E-state index is 0.616. The minimum Gasteiger partial charge on any atom is -0.368 e. The maximum Gasteiger partial charge on any atom is 0.224 e. The number of para-hydroxylation sites is 1. The number of nitrogens with zero attached hydrogens (tertiary/aromatic N) is 4. The van der Waals surface area contributed by atoms with Crippen LogP contribution in [0.25, 0.3) is 10.9 Å². The highest BCUT2D eigenvalue weighted by Gasteiger charge is 2.05. The number of aromatic nitrogens is 4. The largest absolute Gasteiger partial charge is 0.368 e. The van der Waals surface area contributed by atoms with Crippen LogP contribution in [0.1, 0.15) is 0 Å². The summed E-state index contributed by atoms with van der Waals surface area (Å²) in [5, 5.41) is 11.5. The summed E-state index contributed by atoms with van der Waals surface area (Å²) in [4.78, 5) is 8.91. The molecule has 102 valence electrons. The maximum absolute atomic E-state index is 4.48. The standard InChI is InChI=1S/C14H16N6/c1-15-14-18-12-6-3-2-5-11(12)13(19-14)16-8-10-20-9-4-7-17-20/h2-7,9H,8,10H2,1H3,(H2,15,16,18,19). The highest BCUT2D eigenvalue weighted by atomic mass is 15.3. The third-order valence-electron chi connectivity index (χ3n) is 3.02. The predicted octanol–water partition coefficient (Wildman–Crippen LogP) is 1.98. The molecule has 0 aliphatic heterocycles. The molecule has 6 nitrogen and oxygen atoms in total. The lowest BCUT2D eigenvalue weighted by Crippen LogP contribution is -2.12. The zero-order valence-electron chi connectivity index (χ0n) is 11.2. The van der Waals surface area contributed by atoms with E-state index in [1.807, 2.05) is 48.3 Å². The fraction of sp³-hybridized carbons (Fsp3) is 0.214. The van der Waals surface area contributed by atoms with Crippen LogP contribution < -0.4 is 10.6 Å². The van der Waals surface area contributed by atoms with Gasteiger partial charge >= 0.3 is 0 Å². The Kier molecular flexibility index (Phi) is 3.45. The second-order valence-corrected chi connectivity index (χ2v) is 4.36. The zero-order chi connectivity index (χ0) is 13.8. The van der Waals surface area contributed by atoms with Crippen LogP contribution in [0.15, 0.2) is 42.7 Å². The summed E-state index contributed by atoms with van der Waals surface area (Å²) in [6.45, 7) is 1.55. The molecule has 0 amide bonds. The maximum atomic E-state index is 4.48. The fourth-order valence-corrected chi connectivity index (χ4v) is 2.04. The number of anilines is 2. The normalized spacial score (nSPS) is 10.7. The van der Waals surface area contributed by atoms with Gasteiger partial charge in [0.25, 0.3) is 0 Å². The quantitative estimate of drug-likeness (QED) is 0.740. The number of fused-ring (bicyclic) bond motifs is 1. The van der Waals surface area contributed by atoms with Crippen LogP contribution in [0.4, 0.5) is 11.8 Å². The van der Waals surface area contributed by atoms with Crippen molar-refractivity contribution in [3.8, 4) is 0 Å². The van der Waals surface area contributed by atoms with E-state index < -0.39 is 0 Å². The molecule has 1 aromatic carbocycles. The van der Waals surface area contributed by atoms with Gasteiger partial charge in [-0.2, -0.15) is 10.1 Å². The van der Waals surface area contributed by atoms with E-state index in [1.54, 1.807) is 6.20 Å².